The Morgan fingerprint density at radius 3 is 2.64 bits per heavy atom. The monoisotopic (exact) mass is 414 g/mol. The highest BCUT2D eigenvalue weighted by Gasteiger charge is 2.35. The van der Waals surface area contributed by atoms with Gasteiger partial charge >= 0.3 is 0 Å². The molecule has 0 radical (unpaired) electrons. The van der Waals surface area contributed by atoms with Crippen LogP contribution in [0, 0.1) is 5.41 Å². The van der Waals surface area contributed by atoms with Gasteiger partial charge in [-0.05, 0) is 28.8 Å². The van der Waals surface area contributed by atoms with Gasteiger partial charge in [0, 0.05) is 64.0 Å². The zero-order valence-corrected chi connectivity index (χ0v) is 16.2. The van der Waals surface area contributed by atoms with Crippen molar-refractivity contribution in [1.82, 2.24) is 20.0 Å². The van der Waals surface area contributed by atoms with Crippen molar-refractivity contribution >= 4 is 21.8 Å². The summed E-state index contributed by atoms with van der Waals surface area (Å²) < 4.78 is 13.7. The number of ether oxygens (including phenoxy) is 2. The molecule has 0 aromatic carbocycles. The van der Waals surface area contributed by atoms with Gasteiger partial charge in [-0.15, -0.1) is 0 Å². The van der Waals surface area contributed by atoms with Gasteiger partial charge in [-0.25, -0.2) is 0 Å². The molecule has 8 heteroatoms. The normalized spacial score (nSPS) is 21.2. The van der Waals surface area contributed by atoms with Crippen LogP contribution in [0.5, 0.6) is 0 Å². The topological polar surface area (TPSA) is 68.6 Å². The van der Waals surface area contributed by atoms with Crippen molar-refractivity contribution in [2.75, 3.05) is 52.6 Å². The largest absolute Gasteiger partial charge is 0.381 e. The second-order valence-corrected chi connectivity index (χ2v) is 7.86. The molecule has 0 saturated carbocycles. The van der Waals surface area contributed by atoms with Gasteiger partial charge < -0.3 is 14.8 Å². The van der Waals surface area contributed by atoms with Crippen LogP contribution in [0.15, 0.2) is 16.9 Å². The van der Waals surface area contributed by atoms with Gasteiger partial charge in [0.15, 0.2) is 0 Å². The third-order valence-corrected chi connectivity index (χ3v) is 5.46. The maximum atomic E-state index is 12.3. The Balaban J connectivity index is 1.48. The van der Waals surface area contributed by atoms with E-state index >= 15 is 0 Å². The predicted molar refractivity (Wildman–Crippen MR) is 97.3 cm³/mol. The van der Waals surface area contributed by atoms with E-state index < -0.39 is 0 Å². The highest BCUT2D eigenvalue weighted by Crippen LogP contribution is 2.31. The first kappa shape index (κ1) is 18.8. The first-order valence-electron chi connectivity index (χ1n) is 8.98. The zero-order valence-electron chi connectivity index (χ0n) is 14.6. The molecule has 2 fully saturated rings. The van der Waals surface area contributed by atoms with Gasteiger partial charge in [-0.2, -0.15) is 5.10 Å². The first-order chi connectivity index (χ1) is 12.2. The fourth-order valence-corrected chi connectivity index (χ4v) is 3.81. The molecule has 1 aromatic rings. The lowest BCUT2D eigenvalue weighted by Crippen LogP contribution is -2.50. The summed E-state index contributed by atoms with van der Waals surface area (Å²) in [6, 6.07) is 0. The molecule has 2 aliphatic rings. The summed E-state index contributed by atoms with van der Waals surface area (Å²) in [5.74, 6) is 0.0828. The number of carbonyl (C=O) groups is 1. The van der Waals surface area contributed by atoms with Crippen LogP contribution in [0.4, 0.5) is 0 Å². The number of aryl methyl sites for hydroxylation is 1. The number of amides is 1. The van der Waals surface area contributed by atoms with Crippen molar-refractivity contribution in [3.05, 3.63) is 16.9 Å². The Hall–Kier alpha value is -0.960. The lowest BCUT2D eigenvalue weighted by atomic mass is 9.79. The molecule has 25 heavy (non-hydrogen) atoms. The second-order valence-electron chi connectivity index (χ2n) is 6.95. The number of hydrogen-bond acceptors (Lipinski definition) is 5. The van der Waals surface area contributed by atoms with E-state index in [1.54, 1.807) is 10.9 Å². The third kappa shape index (κ3) is 5.77. The minimum Gasteiger partial charge on any atom is -0.381 e. The molecule has 0 bridgehead atoms. The average Bonchev–Trinajstić information content (AvgIpc) is 3.05. The van der Waals surface area contributed by atoms with Crippen molar-refractivity contribution in [3.63, 3.8) is 0 Å². The number of nitrogens with zero attached hydrogens (tertiary/aromatic N) is 3. The molecule has 3 rings (SSSR count). The van der Waals surface area contributed by atoms with Crippen molar-refractivity contribution in [2.24, 2.45) is 5.41 Å². The summed E-state index contributed by atoms with van der Waals surface area (Å²) in [6.45, 7) is 7.44. The van der Waals surface area contributed by atoms with Crippen LogP contribution in [0.25, 0.3) is 0 Å². The molecule has 0 spiro atoms. The Morgan fingerprint density at radius 1 is 1.24 bits per heavy atom. The highest BCUT2D eigenvalue weighted by atomic mass is 79.9. The molecule has 0 atom stereocenters. The van der Waals surface area contributed by atoms with Crippen LogP contribution in [-0.2, 0) is 20.8 Å². The summed E-state index contributed by atoms with van der Waals surface area (Å²) in [6.07, 6.45) is 6.05. The third-order valence-electron chi connectivity index (χ3n) is 5.05. The van der Waals surface area contributed by atoms with Gasteiger partial charge in [0.05, 0.1) is 23.9 Å². The molecule has 0 aliphatic carbocycles. The quantitative estimate of drug-likeness (QED) is 0.727. The molecular formula is C17H27BrN4O3. The lowest BCUT2D eigenvalue weighted by Gasteiger charge is -2.42. The van der Waals surface area contributed by atoms with Gasteiger partial charge in [0.2, 0.25) is 5.91 Å². The predicted octanol–water partition coefficient (Wildman–Crippen LogP) is 1.28. The van der Waals surface area contributed by atoms with E-state index in [0.717, 1.165) is 69.9 Å². The fraction of sp³-hybridized carbons (Fsp3) is 0.765. The molecule has 1 aromatic heterocycles. The van der Waals surface area contributed by atoms with E-state index in [-0.39, 0.29) is 11.3 Å². The van der Waals surface area contributed by atoms with Gasteiger partial charge in [0.1, 0.15) is 0 Å². The Bertz CT molecular complexity index is 554. The summed E-state index contributed by atoms with van der Waals surface area (Å²) >= 11 is 3.37. The second kappa shape index (κ2) is 9.12. The molecular weight excluding hydrogens is 388 g/mol. The number of halogens is 1. The molecule has 0 unspecified atom stereocenters. The number of morpholine rings is 1. The molecule has 2 saturated heterocycles. The van der Waals surface area contributed by atoms with E-state index in [9.17, 15) is 4.79 Å². The van der Waals surface area contributed by atoms with Crippen LogP contribution in [0.1, 0.15) is 19.3 Å². The van der Waals surface area contributed by atoms with Crippen LogP contribution < -0.4 is 5.32 Å². The first-order valence-corrected chi connectivity index (χ1v) is 9.77. The molecule has 7 nitrogen and oxygen atoms in total. The number of hydrogen-bond donors (Lipinski definition) is 1. The molecule has 140 valence electrons. The Kier molecular flexibility index (Phi) is 6.86. The number of rotatable bonds is 7. The number of aromatic nitrogens is 2. The van der Waals surface area contributed by atoms with Gasteiger partial charge in [-0.1, -0.05) is 0 Å². The van der Waals surface area contributed by atoms with Gasteiger partial charge in [0.25, 0.3) is 0 Å². The highest BCUT2D eigenvalue weighted by molar-refractivity contribution is 9.10. The van der Waals surface area contributed by atoms with E-state index in [2.05, 4.69) is 31.2 Å². The standard InChI is InChI=1S/C17H27BrN4O3/c18-15-11-20-22(12-15)4-1-16(23)19-13-17(2-7-24-8-3-17)14-21-5-9-25-10-6-21/h11-12H,1-10,13-14H2,(H,19,23). The summed E-state index contributed by atoms with van der Waals surface area (Å²) in [5, 5.41) is 7.34. The summed E-state index contributed by atoms with van der Waals surface area (Å²) in [5.41, 5.74) is 0.111. The number of carbonyl (C=O) groups excluding carboxylic acids is 1. The maximum Gasteiger partial charge on any atom is 0.221 e. The Morgan fingerprint density at radius 2 is 1.96 bits per heavy atom. The lowest BCUT2D eigenvalue weighted by molar-refractivity contribution is -0.122. The van der Waals surface area contributed by atoms with E-state index in [0.29, 0.717) is 13.0 Å². The molecule has 1 N–H and O–H groups in total. The van der Waals surface area contributed by atoms with Crippen LogP contribution in [0.3, 0.4) is 0 Å². The van der Waals surface area contributed by atoms with Crippen LogP contribution >= 0.6 is 15.9 Å². The van der Waals surface area contributed by atoms with Crippen LogP contribution in [-0.4, -0.2) is 73.2 Å². The summed E-state index contributed by atoms with van der Waals surface area (Å²) in [7, 11) is 0. The Labute approximate surface area is 157 Å². The van der Waals surface area contributed by atoms with Crippen molar-refractivity contribution in [1.29, 1.82) is 0 Å². The van der Waals surface area contributed by atoms with E-state index in [4.69, 9.17) is 9.47 Å². The van der Waals surface area contributed by atoms with Crippen molar-refractivity contribution in [2.45, 2.75) is 25.8 Å². The zero-order chi connectivity index (χ0) is 17.5. The van der Waals surface area contributed by atoms with E-state index in [1.807, 2.05) is 6.20 Å². The smallest absolute Gasteiger partial charge is 0.221 e. The summed E-state index contributed by atoms with van der Waals surface area (Å²) in [4.78, 5) is 14.7. The van der Waals surface area contributed by atoms with Crippen molar-refractivity contribution in [3.8, 4) is 0 Å². The average molecular weight is 415 g/mol. The maximum absolute atomic E-state index is 12.3. The molecule has 3 heterocycles. The molecule has 1 amide bonds. The van der Waals surface area contributed by atoms with E-state index in [1.165, 1.54) is 0 Å². The van der Waals surface area contributed by atoms with Crippen molar-refractivity contribution < 1.29 is 14.3 Å². The fourth-order valence-electron chi connectivity index (χ4n) is 3.48. The number of nitrogens with one attached hydrogen (secondary N) is 1. The minimum atomic E-state index is 0.0828. The van der Waals surface area contributed by atoms with Crippen LogP contribution in [0.2, 0.25) is 0 Å². The minimum absolute atomic E-state index is 0.0828. The van der Waals surface area contributed by atoms with Gasteiger partial charge in [-0.3, -0.25) is 14.4 Å². The molecule has 2 aliphatic heterocycles. The SMILES string of the molecule is O=C(CCn1cc(Br)cn1)NCC1(CN2CCOCC2)CCOCC1.